The molecule has 0 saturated carbocycles. The van der Waals surface area contributed by atoms with Crippen molar-refractivity contribution >= 4 is 62.1 Å². The minimum Gasteiger partial charge on any atom is -0.505 e. The molecular weight excluding hydrogens is 603 g/mol. The monoisotopic (exact) mass is 631 g/mol. The SMILES string of the molecule is CCc1ccc(C2/C(=C(\O)c3nc4c(C)cccn4c3C)C(=O)C(=O)N2c2nnc(SCc3cccc4ccccc34)s2)cc1. The first kappa shape index (κ1) is 28.9. The summed E-state index contributed by atoms with van der Waals surface area (Å²) < 4.78 is 2.54. The number of pyridine rings is 1. The standard InChI is InChI=1S/C35H29N5O3S2/c1-4-22-14-16-24(17-15-22)29-27(30(41)28-21(3)39-18-8-9-20(2)32(39)36-28)31(42)33(43)40(29)34-37-38-35(45-34)44-19-25-12-7-11-23-10-5-6-13-26(23)25/h5-18,29,41H,4,19H2,1-3H3/b30-27+. The third-order valence-corrected chi connectivity index (χ3v) is 10.4. The van der Waals surface area contributed by atoms with Crippen molar-refractivity contribution in [3.8, 4) is 0 Å². The molecule has 0 spiro atoms. The Bertz CT molecular complexity index is 2140. The number of aryl methyl sites for hydroxylation is 3. The van der Waals surface area contributed by atoms with Crippen molar-refractivity contribution in [2.45, 2.75) is 43.3 Å². The maximum atomic E-state index is 13.8. The van der Waals surface area contributed by atoms with Crippen LogP contribution in [0.3, 0.4) is 0 Å². The molecule has 1 amide bonds. The summed E-state index contributed by atoms with van der Waals surface area (Å²) in [6.07, 6.45) is 2.70. The van der Waals surface area contributed by atoms with E-state index in [1.807, 2.05) is 79.0 Å². The van der Waals surface area contributed by atoms with E-state index in [9.17, 15) is 14.7 Å². The molecule has 1 unspecified atom stereocenters. The van der Waals surface area contributed by atoms with Crippen molar-refractivity contribution in [2.24, 2.45) is 0 Å². The molecule has 0 bridgehead atoms. The summed E-state index contributed by atoms with van der Waals surface area (Å²) in [7, 11) is 0. The first-order valence-electron chi connectivity index (χ1n) is 14.6. The number of hydrogen-bond acceptors (Lipinski definition) is 8. The Morgan fingerprint density at radius 1 is 0.956 bits per heavy atom. The number of aliphatic hydroxyl groups is 1. The highest BCUT2D eigenvalue weighted by Crippen LogP contribution is 2.44. The highest BCUT2D eigenvalue weighted by molar-refractivity contribution is 8.00. The van der Waals surface area contributed by atoms with Gasteiger partial charge in [0.05, 0.1) is 17.3 Å². The van der Waals surface area contributed by atoms with Gasteiger partial charge >= 0.3 is 5.91 Å². The number of imidazole rings is 1. The zero-order valence-corrected chi connectivity index (χ0v) is 26.5. The summed E-state index contributed by atoms with van der Waals surface area (Å²) in [5.41, 5.74) is 5.48. The summed E-state index contributed by atoms with van der Waals surface area (Å²) in [5, 5.41) is 23.1. The number of Topliss-reactive ketones (excluding diaryl/α,β-unsaturated/α-hetero) is 1. The molecule has 7 rings (SSSR count). The summed E-state index contributed by atoms with van der Waals surface area (Å²) in [4.78, 5) is 33.6. The Hall–Kier alpha value is -4.80. The van der Waals surface area contributed by atoms with Gasteiger partial charge in [0.1, 0.15) is 11.3 Å². The van der Waals surface area contributed by atoms with Gasteiger partial charge in [0, 0.05) is 11.9 Å². The number of carbonyl (C=O) groups excluding carboxylic acids is 2. The summed E-state index contributed by atoms with van der Waals surface area (Å²) in [5.74, 6) is -1.19. The molecule has 4 heterocycles. The number of aromatic nitrogens is 4. The molecule has 10 heteroatoms. The Morgan fingerprint density at radius 2 is 1.73 bits per heavy atom. The predicted octanol–water partition coefficient (Wildman–Crippen LogP) is 7.44. The van der Waals surface area contributed by atoms with Gasteiger partial charge in [-0.3, -0.25) is 14.5 Å². The van der Waals surface area contributed by atoms with Crippen LogP contribution in [0.4, 0.5) is 5.13 Å². The van der Waals surface area contributed by atoms with Crippen molar-refractivity contribution in [2.75, 3.05) is 4.90 Å². The number of nitrogens with zero attached hydrogens (tertiary/aromatic N) is 5. The van der Waals surface area contributed by atoms with Gasteiger partial charge in [-0.2, -0.15) is 0 Å². The van der Waals surface area contributed by atoms with Crippen LogP contribution < -0.4 is 4.90 Å². The number of ketones is 1. The molecule has 45 heavy (non-hydrogen) atoms. The molecule has 1 N–H and O–H groups in total. The van der Waals surface area contributed by atoms with Gasteiger partial charge in [0.2, 0.25) is 5.13 Å². The quantitative estimate of drug-likeness (QED) is 0.0643. The van der Waals surface area contributed by atoms with E-state index in [4.69, 9.17) is 4.98 Å². The van der Waals surface area contributed by atoms with E-state index >= 15 is 0 Å². The van der Waals surface area contributed by atoms with Crippen molar-refractivity contribution in [3.05, 3.63) is 124 Å². The Labute approximate surface area is 268 Å². The number of carbonyl (C=O) groups is 2. The fraction of sp³-hybridized carbons (Fsp3) is 0.171. The second-order valence-electron chi connectivity index (χ2n) is 11.0. The smallest absolute Gasteiger partial charge is 0.301 e. The molecule has 1 atom stereocenters. The maximum absolute atomic E-state index is 13.8. The first-order valence-corrected chi connectivity index (χ1v) is 16.4. The normalized spacial score (nSPS) is 16.3. The van der Waals surface area contributed by atoms with Crippen molar-refractivity contribution in [3.63, 3.8) is 0 Å². The molecule has 8 nitrogen and oxygen atoms in total. The second-order valence-corrected chi connectivity index (χ2v) is 13.2. The number of amides is 1. The van der Waals surface area contributed by atoms with Crippen LogP contribution in [0.2, 0.25) is 0 Å². The highest BCUT2D eigenvalue weighted by atomic mass is 32.2. The molecule has 0 radical (unpaired) electrons. The number of thioether (sulfide) groups is 1. The molecule has 1 aliphatic rings. The average Bonchev–Trinajstić information content (AvgIpc) is 3.74. The number of anilines is 1. The largest absolute Gasteiger partial charge is 0.505 e. The lowest BCUT2D eigenvalue weighted by molar-refractivity contribution is -0.132. The van der Waals surface area contributed by atoms with Crippen LogP contribution in [0.15, 0.2) is 95.0 Å². The Morgan fingerprint density at radius 3 is 2.51 bits per heavy atom. The van der Waals surface area contributed by atoms with Gasteiger partial charge in [-0.05, 0) is 59.4 Å². The van der Waals surface area contributed by atoms with Crippen LogP contribution in [-0.4, -0.2) is 36.4 Å². The van der Waals surface area contributed by atoms with E-state index in [-0.39, 0.29) is 17.0 Å². The highest BCUT2D eigenvalue weighted by Gasteiger charge is 2.48. The fourth-order valence-electron chi connectivity index (χ4n) is 5.87. The molecule has 6 aromatic rings. The lowest BCUT2D eigenvalue weighted by atomic mass is 9.95. The fourth-order valence-corrected chi connectivity index (χ4v) is 7.74. The van der Waals surface area contributed by atoms with Gasteiger partial charge in [0.25, 0.3) is 5.78 Å². The molecule has 1 saturated heterocycles. The number of fused-ring (bicyclic) bond motifs is 2. The van der Waals surface area contributed by atoms with Crippen molar-refractivity contribution in [1.82, 2.24) is 19.6 Å². The first-order chi connectivity index (χ1) is 21.9. The van der Waals surface area contributed by atoms with Crippen LogP contribution in [0.5, 0.6) is 0 Å². The number of rotatable bonds is 7. The van der Waals surface area contributed by atoms with E-state index in [0.717, 1.165) is 17.5 Å². The third-order valence-electron chi connectivity index (χ3n) is 8.29. The lowest BCUT2D eigenvalue weighted by Crippen LogP contribution is -2.29. The van der Waals surface area contributed by atoms with Crippen LogP contribution >= 0.6 is 23.1 Å². The molecule has 224 valence electrons. The molecule has 0 aliphatic carbocycles. The Balaban J connectivity index is 1.29. The van der Waals surface area contributed by atoms with Gasteiger partial charge < -0.3 is 9.51 Å². The second kappa shape index (κ2) is 11.6. The van der Waals surface area contributed by atoms with Crippen LogP contribution in [0.1, 0.15) is 46.6 Å². The predicted molar refractivity (Wildman–Crippen MR) is 179 cm³/mol. The van der Waals surface area contributed by atoms with Gasteiger partial charge in [-0.15, -0.1) is 10.2 Å². The van der Waals surface area contributed by atoms with E-state index in [1.165, 1.54) is 44.3 Å². The van der Waals surface area contributed by atoms with E-state index in [2.05, 4.69) is 41.4 Å². The topological polar surface area (TPSA) is 101 Å². The minimum atomic E-state index is -0.898. The van der Waals surface area contributed by atoms with Crippen LogP contribution in [0, 0.1) is 13.8 Å². The summed E-state index contributed by atoms with van der Waals surface area (Å²) in [6.45, 7) is 5.83. The van der Waals surface area contributed by atoms with Crippen molar-refractivity contribution in [1.29, 1.82) is 0 Å². The lowest BCUT2D eigenvalue weighted by Gasteiger charge is -2.22. The third kappa shape index (κ3) is 5.00. The number of benzene rings is 3. The number of aliphatic hydroxyl groups excluding tert-OH is 1. The van der Waals surface area contributed by atoms with E-state index in [0.29, 0.717) is 32.1 Å². The van der Waals surface area contributed by atoms with Gasteiger partial charge in [-0.1, -0.05) is 103 Å². The Kier molecular flexibility index (Phi) is 7.47. The molecule has 1 fully saturated rings. The minimum absolute atomic E-state index is 0.0198. The molecular formula is C35H29N5O3S2. The zero-order chi connectivity index (χ0) is 31.2. The molecule has 3 aromatic heterocycles. The maximum Gasteiger partial charge on any atom is 0.301 e. The van der Waals surface area contributed by atoms with Crippen LogP contribution in [-0.2, 0) is 21.8 Å². The van der Waals surface area contributed by atoms with Crippen molar-refractivity contribution < 1.29 is 14.7 Å². The van der Waals surface area contributed by atoms with Crippen LogP contribution in [0.25, 0.3) is 22.2 Å². The molecule has 1 aliphatic heterocycles. The average molecular weight is 632 g/mol. The number of hydrogen-bond donors (Lipinski definition) is 1. The summed E-state index contributed by atoms with van der Waals surface area (Å²) >= 11 is 2.78. The van der Waals surface area contributed by atoms with E-state index < -0.39 is 17.7 Å². The summed E-state index contributed by atoms with van der Waals surface area (Å²) in [6, 6.07) is 25.1. The molecule has 3 aromatic carbocycles. The van der Waals surface area contributed by atoms with Gasteiger partial charge in [0.15, 0.2) is 10.1 Å². The van der Waals surface area contributed by atoms with Gasteiger partial charge in [-0.25, -0.2) is 4.98 Å². The zero-order valence-electron chi connectivity index (χ0n) is 24.9. The van der Waals surface area contributed by atoms with E-state index in [1.54, 1.807) is 0 Å².